The van der Waals surface area contributed by atoms with Crippen molar-refractivity contribution in [1.29, 1.82) is 0 Å². The lowest BCUT2D eigenvalue weighted by Gasteiger charge is -2.31. The van der Waals surface area contributed by atoms with Gasteiger partial charge in [-0.2, -0.15) is 0 Å². The van der Waals surface area contributed by atoms with Gasteiger partial charge in [-0.1, -0.05) is 0 Å². The molecule has 0 spiro atoms. The van der Waals surface area contributed by atoms with E-state index in [2.05, 4.69) is 28.9 Å². The van der Waals surface area contributed by atoms with Gasteiger partial charge in [0.25, 0.3) is 0 Å². The number of esters is 1. The second-order valence-corrected chi connectivity index (χ2v) is 10.4. The highest BCUT2D eigenvalue weighted by molar-refractivity contribution is 7.11. The molecule has 7 nitrogen and oxygen atoms in total. The molecule has 1 saturated heterocycles. The summed E-state index contributed by atoms with van der Waals surface area (Å²) in [4.78, 5) is 35.9. The van der Waals surface area contributed by atoms with E-state index in [-0.39, 0.29) is 6.04 Å². The Morgan fingerprint density at radius 1 is 1.27 bits per heavy atom. The van der Waals surface area contributed by atoms with Crippen LogP contribution in [-0.4, -0.2) is 53.3 Å². The fourth-order valence-electron chi connectivity index (χ4n) is 3.69. The number of carbonyl (C=O) groups excluding carboxylic acids is 2. The lowest BCUT2D eigenvalue weighted by molar-refractivity contribution is -0.137. The van der Waals surface area contributed by atoms with Crippen molar-refractivity contribution >= 4 is 35.3 Å². The topological polar surface area (TPSA) is 72.0 Å². The minimum absolute atomic E-state index is 0.0330. The molecule has 2 aromatic rings. The van der Waals surface area contributed by atoms with Crippen LogP contribution in [0.4, 0.5) is 10.6 Å². The van der Waals surface area contributed by atoms with E-state index in [1.54, 1.807) is 30.2 Å². The molecule has 0 aromatic carbocycles. The third-order valence-electron chi connectivity index (χ3n) is 5.09. The Labute approximate surface area is 200 Å². The molecule has 33 heavy (non-hydrogen) atoms. The van der Waals surface area contributed by atoms with Gasteiger partial charge >= 0.3 is 12.1 Å². The van der Waals surface area contributed by atoms with Gasteiger partial charge in [0, 0.05) is 41.7 Å². The summed E-state index contributed by atoms with van der Waals surface area (Å²) in [6.45, 7) is 12.3. The van der Waals surface area contributed by atoms with Crippen molar-refractivity contribution in [1.82, 2.24) is 9.88 Å². The molecule has 1 atom stereocenters. The Kier molecular flexibility index (Phi) is 8.26. The summed E-state index contributed by atoms with van der Waals surface area (Å²) in [5, 5.41) is 0. The highest BCUT2D eigenvalue weighted by atomic mass is 32.1. The molecule has 3 heterocycles. The molecule has 0 N–H and O–H groups in total. The number of hydrogen-bond acceptors (Lipinski definition) is 7. The Balaban J connectivity index is 1.75. The van der Waals surface area contributed by atoms with Gasteiger partial charge < -0.3 is 9.47 Å². The minimum atomic E-state index is -0.607. The zero-order chi connectivity index (χ0) is 24.0. The molecule has 2 aromatic heterocycles. The van der Waals surface area contributed by atoms with Crippen LogP contribution in [0, 0.1) is 6.92 Å². The van der Waals surface area contributed by atoms with Crippen molar-refractivity contribution in [3.63, 3.8) is 0 Å². The SMILES string of the molecule is CCOC(=O)C=Cc1ccc(N(C(=O)OC(C)(C)C)[C@@H]2CCN(Cc3ccc(C)s3)C2)nc1. The van der Waals surface area contributed by atoms with Crippen LogP contribution >= 0.6 is 11.3 Å². The molecule has 0 aliphatic carbocycles. The molecule has 1 amide bonds. The largest absolute Gasteiger partial charge is 0.463 e. The maximum absolute atomic E-state index is 13.2. The molecule has 0 unspecified atom stereocenters. The third kappa shape index (κ3) is 7.40. The molecular formula is C25H33N3O4S. The molecule has 0 radical (unpaired) electrons. The number of pyridine rings is 1. The maximum atomic E-state index is 13.2. The van der Waals surface area contributed by atoms with Crippen molar-refractivity contribution < 1.29 is 19.1 Å². The van der Waals surface area contributed by atoms with E-state index in [1.165, 1.54) is 15.8 Å². The van der Waals surface area contributed by atoms with Crippen LogP contribution in [0.25, 0.3) is 6.08 Å². The van der Waals surface area contributed by atoms with E-state index < -0.39 is 17.7 Å². The van der Waals surface area contributed by atoms with Crippen LogP contribution in [0.3, 0.4) is 0 Å². The summed E-state index contributed by atoms with van der Waals surface area (Å²) in [6, 6.07) is 7.90. The molecule has 3 rings (SSSR count). The average molecular weight is 472 g/mol. The summed E-state index contributed by atoms with van der Waals surface area (Å²) >= 11 is 1.81. The number of anilines is 1. The van der Waals surface area contributed by atoms with E-state index in [0.717, 1.165) is 31.6 Å². The fourth-order valence-corrected chi connectivity index (χ4v) is 4.62. The van der Waals surface area contributed by atoms with Crippen LogP contribution in [0.2, 0.25) is 0 Å². The smallest absolute Gasteiger partial charge is 0.416 e. The number of thiophene rings is 1. The number of amides is 1. The number of carbonyl (C=O) groups is 2. The summed E-state index contributed by atoms with van der Waals surface area (Å²) < 4.78 is 10.6. The van der Waals surface area contributed by atoms with Gasteiger partial charge in [0.05, 0.1) is 12.6 Å². The van der Waals surface area contributed by atoms with Gasteiger partial charge in [-0.05, 0) is 76.9 Å². The monoisotopic (exact) mass is 471 g/mol. The second-order valence-electron chi connectivity index (χ2n) is 9.08. The summed E-state index contributed by atoms with van der Waals surface area (Å²) in [6.07, 6.45) is 5.10. The molecule has 0 bridgehead atoms. The lowest BCUT2D eigenvalue weighted by atomic mass is 10.2. The van der Waals surface area contributed by atoms with E-state index >= 15 is 0 Å². The van der Waals surface area contributed by atoms with Crippen LogP contribution in [-0.2, 0) is 20.8 Å². The van der Waals surface area contributed by atoms with Crippen molar-refractivity contribution in [2.45, 2.75) is 59.2 Å². The van der Waals surface area contributed by atoms with Crippen LogP contribution in [0.5, 0.6) is 0 Å². The van der Waals surface area contributed by atoms with E-state index in [4.69, 9.17) is 9.47 Å². The molecule has 1 aliphatic heterocycles. The lowest BCUT2D eigenvalue weighted by Crippen LogP contribution is -2.45. The normalized spacial score (nSPS) is 16.8. The average Bonchev–Trinajstić information content (AvgIpc) is 3.35. The van der Waals surface area contributed by atoms with Crippen molar-refractivity contribution in [3.05, 3.63) is 51.9 Å². The number of nitrogens with zero attached hydrogens (tertiary/aromatic N) is 3. The maximum Gasteiger partial charge on any atom is 0.416 e. The van der Waals surface area contributed by atoms with Crippen molar-refractivity contribution in [2.24, 2.45) is 0 Å². The number of hydrogen-bond donors (Lipinski definition) is 0. The van der Waals surface area contributed by atoms with E-state index in [0.29, 0.717) is 12.4 Å². The van der Waals surface area contributed by atoms with Crippen molar-refractivity contribution in [2.75, 3.05) is 24.6 Å². The number of ether oxygens (including phenoxy) is 2. The standard InChI is InChI=1S/C25H33N3O4S/c1-6-31-23(29)12-9-19-8-11-22(26-15-19)28(24(30)32-25(3,4)5)20-13-14-27(16-20)17-21-10-7-18(2)33-21/h7-12,15,20H,6,13-14,16-17H2,1-5H3/t20-/m1/s1. The van der Waals surface area contributed by atoms with Gasteiger partial charge in [0.15, 0.2) is 0 Å². The highest BCUT2D eigenvalue weighted by Crippen LogP contribution is 2.27. The highest BCUT2D eigenvalue weighted by Gasteiger charge is 2.35. The predicted molar refractivity (Wildman–Crippen MR) is 131 cm³/mol. The molecular weight excluding hydrogens is 438 g/mol. The fraction of sp³-hybridized carbons (Fsp3) is 0.480. The van der Waals surface area contributed by atoms with E-state index in [9.17, 15) is 9.59 Å². The summed E-state index contributed by atoms with van der Waals surface area (Å²) in [7, 11) is 0. The van der Waals surface area contributed by atoms with Crippen LogP contribution in [0.15, 0.2) is 36.5 Å². The number of aryl methyl sites for hydroxylation is 1. The summed E-state index contributed by atoms with van der Waals surface area (Å²) in [5.74, 6) is 0.139. The van der Waals surface area contributed by atoms with Gasteiger partial charge in [0.1, 0.15) is 11.4 Å². The van der Waals surface area contributed by atoms with Gasteiger partial charge in [0.2, 0.25) is 0 Å². The third-order valence-corrected chi connectivity index (χ3v) is 6.08. The zero-order valence-corrected chi connectivity index (χ0v) is 20.9. The van der Waals surface area contributed by atoms with Crippen LogP contribution < -0.4 is 4.90 Å². The first-order chi connectivity index (χ1) is 15.6. The first-order valence-electron chi connectivity index (χ1n) is 11.3. The van der Waals surface area contributed by atoms with Gasteiger partial charge in [-0.25, -0.2) is 14.6 Å². The van der Waals surface area contributed by atoms with Gasteiger partial charge in [-0.15, -0.1) is 11.3 Å². The first kappa shape index (κ1) is 24.9. The second kappa shape index (κ2) is 10.9. The Bertz CT molecular complexity index is 978. The quantitative estimate of drug-likeness (QED) is 0.416. The Hall–Kier alpha value is -2.71. The number of likely N-dealkylation sites (tertiary alicyclic amines) is 1. The molecule has 8 heteroatoms. The van der Waals surface area contributed by atoms with Crippen molar-refractivity contribution in [3.8, 4) is 0 Å². The molecule has 178 valence electrons. The summed E-state index contributed by atoms with van der Waals surface area (Å²) in [5.41, 5.74) is 0.141. The van der Waals surface area contributed by atoms with E-state index in [1.807, 2.05) is 38.2 Å². The Morgan fingerprint density at radius 3 is 2.67 bits per heavy atom. The molecule has 1 fully saturated rings. The first-order valence-corrected chi connectivity index (χ1v) is 12.1. The Morgan fingerprint density at radius 2 is 2.06 bits per heavy atom. The predicted octanol–water partition coefficient (Wildman–Crippen LogP) is 5.04. The van der Waals surface area contributed by atoms with Crippen LogP contribution in [0.1, 0.15) is 49.4 Å². The molecule has 0 saturated carbocycles. The molecule has 1 aliphatic rings. The number of rotatable bonds is 7. The zero-order valence-electron chi connectivity index (χ0n) is 20.0. The number of aromatic nitrogens is 1. The minimum Gasteiger partial charge on any atom is -0.463 e. The van der Waals surface area contributed by atoms with Gasteiger partial charge in [-0.3, -0.25) is 9.80 Å².